The van der Waals surface area contributed by atoms with Gasteiger partial charge in [-0.2, -0.15) is 0 Å². The first-order valence-corrected chi connectivity index (χ1v) is 16.7. The molecule has 2 amide bonds. The highest BCUT2D eigenvalue weighted by Crippen LogP contribution is 2.39. The number of hydrogen-bond acceptors (Lipinski definition) is 10. The first-order valence-electron chi connectivity index (χ1n) is 15.7. The van der Waals surface area contributed by atoms with E-state index in [4.69, 9.17) is 14.7 Å². The SMILES string of the molecule is Cn1nnnc1SC[C@H]1C[C@@H](c2ccc(CO)cc2)O[C@@H](c2ccc(-c3ccccc3CNC(=O)CCCCCC(=O)NO)cc2)O1. The molecule has 0 saturated carbocycles. The molecule has 248 valence electrons. The van der Waals surface area contributed by atoms with Gasteiger partial charge in [0.1, 0.15) is 0 Å². The average Bonchev–Trinajstić information content (AvgIpc) is 3.53. The summed E-state index contributed by atoms with van der Waals surface area (Å²) in [4.78, 5) is 23.6. The molecule has 1 aliphatic heterocycles. The Morgan fingerprint density at radius 3 is 2.36 bits per heavy atom. The number of hydroxylamine groups is 1. The number of tetrazole rings is 1. The molecule has 1 aromatic heterocycles. The lowest BCUT2D eigenvalue weighted by atomic mass is 9.97. The molecule has 1 fully saturated rings. The van der Waals surface area contributed by atoms with Crippen LogP contribution in [0.15, 0.2) is 78.0 Å². The van der Waals surface area contributed by atoms with Crippen molar-refractivity contribution in [3.05, 3.63) is 95.1 Å². The molecule has 12 nitrogen and oxygen atoms in total. The zero-order valence-electron chi connectivity index (χ0n) is 26.2. The Balaban J connectivity index is 1.23. The van der Waals surface area contributed by atoms with E-state index in [0.717, 1.165) is 39.8 Å². The van der Waals surface area contributed by atoms with Gasteiger partial charge in [-0.1, -0.05) is 91.0 Å². The van der Waals surface area contributed by atoms with Gasteiger partial charge in [0.15, 0.2) is 6.29 Å². The number of nitrogens with one attached hydrogen (secondary N) is 2. The Morgan fingerprint density at radius 1 is 0.936 bits per heavy atom. The zero-order chi connectivity index (χ0) is 33.0. The van der Waals surface area contributed by atoms with E-state index in [1.165, 1.54) is 11.8 Å². The molecule has 0 unspecified atom stereocenters. The highest BCUT2D eigenvalue weighted by molar-refractivity contribution is 7.99. The number of aliphatic hydroxyl groups excluding tert-OH is 1. The molecule has 3 aromatic carbocycles. The van der Waals surface area contributed by atoms with Crippen molar-refractivity contribution in [2.75, 3.05) is 5.75 Å². The third-order valence-corrected chi connectivity index (χ3v) is 9.16. The van der Waals surface area contributed by atoms with Crippen LogP contribution in [0.5, 0.6) is 0 Å². The van der Waals surface area contributed by atoms with Crippen LogP contribution < -0.4 is 10.8 Å². The molecular weight excluding hydrogens is 620 g/mol. The van der Waals surface area contributed by atoms with Crippen molar-refractivity contribution in [1.82, 2.24) is 31.0 Å². The summed E-state index contributed by atoms with van der Waals surface area (Å²) in [6, 6.07) is 23.9. The molecule has 0 radical (unpaired) electrons. The Morgan fingerprint density at radius 2 is 1.66 bits per heavy atom. The minimum absolute atomic E-state index is 0.0144. The lowest BCUT2D eigenvalue weighted by Crippen LogP contribution is -2.31. The van der Waals surface area contributed by atoms with Crippen molar-refractivity contribution < 1.29 is 29.4 Å². The van der Waals surface area contributed by atoms with Crippen LogP contribution in [0.3, 0.4) is 0 Å². The number of aromatic nitrogens is 4. The van der Waals surface area contributed by atoms with E-state index in [0.29, 0.717) is 43.1 Å². The Kier molecular flexibility index (Phi) is 12.5. The van der Waals surface area contributed by atoms with E-state index in [2.05, 4.69) is 20.8 Å². The molecule has 0 spiro atoms. The summed E-state index contributed by atoms with van der Waals surface area (Å²) in [5.74, 6) is 0.192. The predicted molar refractivity (Wildman–Crippen MR) is 175 cm³/mol. The van der Waals surface area contributed by atoms with Crippen molar-refractivity contribution in [2.45, 2.75) is 75.3 Å². The summed E-state index contributed by atoms with van der Waals surface area (Å²) < 4.78 is 14.6. The number of amides is 2. The first-order chi connectivity index (χ1) is 22.9. The van der Waals surface area contributed by atoms with Crippen LogP contribution in [-0.2, 0) is 39.3 Å². The molecule has 4 aromatic rings. The maximum absolute atomic E-state index is 12.5. The van der Waals surface area contributed by atoms with Crippen molar-refractivity contribution in [1.29, 1.82) is 0 Å². The Labute approximate surface area is 277 Å². The number of rotatable bonds is 15. The fourth-order valence-electron chi connectivity index (χ4n) is 5.40. The number of carbonyl (C=O) groups is 2. The molecule has 5 rings (SSSR count). The van der Waals surface area contributed by atoms with Gasteiger partial charge in [0.25, 0.3) is 0 Å². The minimum atomic E-state index is -0.587. The van der Waals surface area contributed by atoms with Crippen molar-refractivity contribution in [2.24, 2.45) is 7.05 Å². The van der Waals surface area contributed by atoms with Crippen LogP contribution in [0.1, 0.15) is 73.2 Å². The van der Waals surface area contributed by atoms with E-state index < -0.39 is 12.2 Å². The molecule has 2 heterocycles. The summed E-state index contributed by atoms with van der Waals surface area (Å²) in [5.41, 5.74) is 7.41. The van der Waals surface area contributed by atoms with Gasteiger partial charge in [-0.25, -0.2) is 10.2 Å². The quantitative estimate of drug-likeness (QED) is 0.0605. The molecule has 0 bridgehead atoms. The predicted octanol–water partition coefficient (Wildman–Crippen LogP) is 4.78. The number of aryl methyl sites for hydroxylation is 1. The standard InChI is InChI=1S/C34H40N6O6S/c1-40-34(36-38-39-40)47-22-28-19-30(25-13-11-23(21-41)12-14-25)46-33(45-28)26-17-15-24(16-18-26)29-8-6-5-7-27(29)20-35-31(42)9-3-2-4-10-32(43)37-44/h5-8,11-18,28,30,33,41,44H,2-4,9-10,19-22H2,1H3,(H,35,42)(H,37,43)/t28-,30+,33+/m1/s1. The summed E-state index contributed by atoms with van der Waals surface area (Å²) >= 11 is 1.54. The van der Waals surface area contributed by atoms with Gasteiger partial charge < -0.3 is 19.9 Å². The molecule has 3 atom stereocenters. The zero-order valence-corrected chi connectivity index (χ0v) is 27.1. The second-order valence-electron chi connectivity index (χ2n) is 11.4. The Bertz CT molecular complexity index is 1600. The number of hydrogen-bond donors (Lipinski definition) is 4. The van der Waals surface area contributed by atoms with Gasteiger partial charge in [0.05, 0.1) is 18.8 Å². The van der Waals surface area contributed by atoms with E-state index in [1.54, 1.807) is 10.2 Å². The highest BCUT2D eigenvalue weighted by atomic mass is 32.2. The minimum Gasteiger partial charge on any atom is -0.392 e. The van der Waals surface area contributed by atoms with Crippen LogP contribution in [0.4, 0.5) is 0 Å². The summed E-state index contributed by atoms with van der Waals surface area (Å²) in [6.45, 7) is 0.384. The number of carbonyl (C=O) groups excluding carboxylic acids is 2. The maximum Gasteiger partial charge on any atom is 0.243 e. The van der Waals surface area contributed by atoms with Crippen LogP contribution >= 0.6 is 11.8 Å². The average molecular weight is 661 g/mol. The van der Waals surface area contributed by atoms with Crippen molar-refractivity contribution >= 4 is 23.6 Å². The number of aliphatic hydroxyl groups is 1. The van der Waals surface area contributed by atoms with Gasteiger partial charge in [0, 0.05) is 44.2 Å². The van der Waals surface area contributed by atoms with Gasteiger partial charge in [-0.05, 0) is 51.1 Å². The summed E-state index contributed by atoms with van der Waals surface area (Å²) in [7, 11) is 1.81. The van der Waals surface area contributed by atoms with Gasteiger partial charge in [-0.3, -0.25) is 14.8 Å². The summed E-state index contributed by atoms with van der Waals surface area (Å²) in [6.07, 6.45) is 2.38. The van der Waals surface area contributed by atoms with Crippen LogP contribution in [0, 0.1) is 0 Å². The third-order valence-electron chi connectivity index (χ3n) is 8.01. The Hall–Kier alpha value is -4.14. The number of unbranched alkanes of at least 4 members (excludes halogenated alkanes) is 2. The summed E-state index contributed by atoms with van der Waals surface area (Å²) in [5, 5.41) is 33.5. The van der Waals surface area contributed by atoms with Gasteiger partial charge >= 0.3 is 0 Å². The van der Waals surface area contributed by atoms with Crippen molar-refractivity contribution in [3.8, 4) is 11.1 Å². The molecular formula is C34H40N6O6S. The smallest absolute Gasteiger partial charge is 0.243 e. The highest BCUT2D eigenvalue weighted by Gasteiger charge is 2.32. The van der Waals surface area contributed by atoms with E-state index in [-0.39, 0.29) is 31.1 Å². The first kappa shape index (κ1) is 34.2. The van der Waals surface area contributed by atoms with Crippen LogP contribution in [-0.4, -0.2) is 54.2 Å². The molecule has 1 saturated heterocycles. The molecule has 0 aliphatic carbocycles. The van der Waals surface area contributed by atoms with Crippen LogP contribution in [0.25, 0.3) is 11.1 Å². The second kappa shape index (κ2) is 17.1. The maximum atomic E-state index is 12.5. The van der Waals surface area contributed by atoms with E-state index in [9.17, 15) is 14.7 Å². The number of ether oxygens (including phenoxy) is 2. The fourth-order valence-corrected chi connectivity index (χ4v) is 6.26. The lowest BCUT2D eigenvalue weighted by molar-refractivity contribution is -0.245. The van der Waals surface area contributed by atoms with E-state index >= 15 is 0 Å². The molecule has 4 N–H and O–H groups in total. The number of nitrogens with zero attached hydrogens (tertiary/aromatic N) is 4. The number of thioether (sulfide) groups is 1. The topological polar surface area (TPSA) is 161 Å². The van der Waals surface area contributed by atoms with Crippen LogP contribution in [0.2, 0.25) is 0 Å². The van der Waals surface area contributed by atoms with Crippen molar-refractivity contribution in [3.63, 3.8) is 0 Å². The third kappa shape index (κ3) is 9.69. The molecule has 47 heavy (non-hydrogen) atoms. The lowest BCUT2D eigenvalue weighted by Gasteiger charge is -2.36. The molecule has 1 aliphatic rings. The van der Waals surface area contributed by atoms with Gasteiger partial charge in [-0.15, -0.1) is 5.10 Å². The molecule has 13 heteroatoms. The van der Waals surface area contributed by atoms with Gasteiger partial charge in [0.2, 0.25) is 17.0 Å². The fraction of sp³-hybridized carbons (Fsp3) is 0.382. The second-order valence-corrected chi connectivity index (χ2v) is 12.4. The van der Waals surface area contributed by atoms with E-state index in [1.807, 2.05) is 79.8 Å². The monoisotopic (exact) mass is 660 g/mol. The largest absolute Gasteiger partial charge is 0.392 e. The normalized spacial score (nSPS) is 17.7. The number of benzene rings is 3.